The maximum absolute atomic E-state index is 13.8. The van der Waals surface area contributed by atoms with Crippen molar-refractivity contribution in [3.63, 3.8) is 0 Å². The van der Waals surface area contributed by atoms with Gasteiger partial charge in [0.25, 0.3) is 0 Å². The lowest BCUT2D eigenvalue weighted by atomic mass is 9.80. The van der Waals surface area contributed by atoms with Crippen molar-refractivity contribution in [3.05, 3.63) is 52.1 Å². The Bertz CT molecular complexity index is 728. The molecule has 128 valence electrons. The van der Waals surface area contributed by atoms with Gasteiger partial charge in [0, 0.05) is 11.4 Å². The van der Waals surface area contributed by atoms with Crippen molar-refractivity contribution in [2.75, 3.05) is 14.2 Å². The highest BCUT2D eigenvalue weighted by Gasteiger charge is 2.37. The average Bonchev–Trinajstić information content (AvgIpc) is 2.55. The van der Waals surface area contributed by atoms with E-state index in [0.29, 0.717) is 17.0 Å². The third kappa shape index (κ3) is 2.97. The number of halogens is 1. The second kappa shape index (κ2) is 6.74. The number of allylic oxidation sites excluding steroid dienone is 2. The molecule has 1 aromatic rings. The number of phenols is 1. The van der Waals surface area contributed by atoms with Crippen LogP contribution in [-0.4, -0.2) is 31.3 Å². The Hall–Kier alpha value is -2.83. The second-order valence-corrected chi connectivity index (χ2v) is 5.33. The highest BCUT2D eigenvalue weighted by molar-refractivity contribution is 5.99. The standard InChI is InChI=1S/C17H18FNO5/c1-8-13(16(21)23-3)15(10-5-6-12(20)11(18)7-10)14(9(2)19-8)17(22)24-4/h5-7,15,19-20H,1-4H3. The number of aromatic hydroxyl groups is 1. The van der Waals surface area contributed by atoms with Gasteiger partial charge in [-0.05, 0) is 31.5 Å². The average molecular weight is 335 g/mol. The van der Waals surface area contributed by atoms with E-state index in [4.69, 9.17) is 9.47 Å². The van der Waals surface area contributed by atoms with E-state index in [-0.39, 0.29) is 11.1 Å². The molecule has 7 heteroatoms. The van der Waals surface area contributed by atoms with E-state index in [1.807, 2.05) is 0 Å². The first kappa shape index (κ1) is 17.5. The Morgan fingerprint density at radius 2 is 1.58 bits per heavy atom. The summed E-state index contributed by atoms with van der Waals surface area (Å²) < 4.78 is 23.4. The monoisotopic (exact) mass is 335 g/mol. The molecule has 0 spiro atoms. The van der Waals surface area contributed by atoms with Gasteiger partial charge in [0.05, 0.1) is 31.3 Å². The Labute approximate surface area is 138 Å². The van der Waals surface area contributed by atoms with Gasteiger partial charge < -0.3 is 19.9 Å². The number of hydrogen-bond acceptors (Lipinski definition) is 6. The molecular weight excluding hydrogens is 317 g/mol. The van der Waals surface area contributed by atoms with Crippen LogP contribution in [0.2, 0.25) is 0 Å². The zero-order valence-electron chi connectivity index (χ0n) is 13.8. The van der Waals surface area contributed by atoms with Crippen molar-refractivity contribution < 1.29 is 28.6 Å². The predicted octanol–water partition coefficient (Wildman–Crippen LogP) is 2.11. The van der Waals surface area contributed by atoms with Crippen LogP contribution in [0.1, 0.15) is 25.3 Å². The Morgan fingerprint density at radius 3 is 2.00 bits per heavy atom. The minimum absolute atomic E-state index is 0.175. The third-order valence-electron chi connectivity index (χ3n) is 3.88. The molecule has 0 unspecified atom stereocenters. The van der Waals surface area contributed by atoms with Crippen LogP contribution in [0.3, 0.4) is 0 Å². The summed E-state index contributed by atoms with van der Waals surface area (Å²) in [7, 11) is 2.44. The molecule has 2 N–H and O–H groups in total. The highest BCUT2D eigenvalue weighted by Crippen LogP contribution is 2.39. The molecule has 1 aromatic carbocycles. The lowest BCUT2D eigenvalue weighted by Gasteiger charge is -2.30. The summed E-state index contributed by atoms with van der Waals surface area (Å²) >= 11 is 0. The minimum Gasteiger partial charge on any atom is -0.505 e. The molecule has 0 aliphatic carbocycles. The summed E-state index contributed by atoms with van der Waals surface area (Å²) in [5.41, 5.74) is 1.66. The Kier molecular flexibility index (Phi) is 4.92. The van der Waals surface area contributed by atoms with Crippen molar-refractivity contribution in [2.45, 2.75) is 19.8 Å². The van der Waals surface area contributed by atoms with E-state index in [9.17, 15) is 19.1 Å². The molecule has 0 bridgehead atoms. The van der Waals surface area contributed by atoms with Gasteiger partial charge >= 0.3 is 11.9 Å². The summed E-state index contributed by atoms with van der Waals surface area (Å²) in [5, 5.41) is 12.3. The number of methoxy groups -OCH3 is 2. The smallest absolute Gasteiger partial charge is 0.336 e. The SMILES string of the molecule is COC(=O)C1=C(C)NC(C)=C(C(=O)OC)C1c1ccc(O)c(F)c1. The Morgan fingerprint density at radius 1 is 1.08 bits per heavy atom. The fourth-order valence-corrected chi connectivity index (χ4v) is 2.79. The number of carbonyl (C=O) groups excluding carboxylic acids is 2. The highest BCUT2D eigenvalue weighted by atomic mass is 19.1. The number of hydrogen-bond donors (Lipinski definition) is 2. The number of carbonyl (C=O) groups is 2. The molecule has 0 amide bonds. The summed E-state index contributed by atoms with van der Waals surface area (Å²) in [6, 6.07) is 3.69. The van der Waals surface area contributed by atoms with Gasteiger partial charge in [-0.3, -0.25) is 0 Å². The van der Waals surface area contributed by atoms with Gasteiger partial charge in [-0.2, -0.15) is 0 Å². The van der Waals surface area contributed by atoms with Crippen molar-refractivity contribution in [3.8, 4) is 5.75 Å². The molecule has 2 rings (SSSR count). The van der Waals surface area contributed by atoms with Crippen LogP contribution in [0.4, 0.5) is 4.39 Å². The minimum atomic E-state index is -0.874. The van der Waals surface area contributed by atoms with E-state index in [2.05, 4.69) is 5.32 Å². The lowest BCUT2D eigenvalue weighted by Crippen LogP contribution is -2.32. The van der Waals surface area contributed by atoms with Gasteiger partial charge in [0.15, 0.2) is 11.6 Å². The number of nitrogens with one attached hydrogen (secondary N) is 1. The fourth-order valence-electron chi connectivity index (χ4n) is 2.79. The Balaban J connectivity index is 2.71. The van der Waals surface area contributed by atoms with Gasteiger partial charge in [-0.1, -0.05) is 6.07 Å². The molecular formula is C17H18FNO5. The number of rotatable bonds is 3. The van der Waals surface area contributed by atoms with Crippen molar-refractivity contribution >= 4 is 11.9 Å². The zero-order valence-corrected chi connectivity index (χ0v) is 13.8. The summed E-state index contributed by atoms with van der Waals surface area (Å²) in [5.74, 6) is -3.54. The fraction of sp³-hybridized carbons (Fsp3) is 0.294. The summed E-state index contributed by atoms with van der Waals surface area (Å²) in [6.07, 6.45) is 0. The molecule has 1 heterocycles. The molecule has 0 radical (unpaired) electrons. The van der Waals surface area contributed by atoms with Crippen molar-refractivity contribution in [1.29, 1.82) is 0 Å². The second-order valence-electron chi connectivity index (χ2n) is 5.33. The van der Waals surface area contributed by atoms with Crippen LogP contribution in [0, 0.1) is 5.82 Å². The van der Waals surface area contributed by atoms with Crippen LogP contribution in [-0.2, 0) is 19.1 Å². The maximum atomic E-state index is 13.8. The molecule has 1 aliphatic heterocycles. The number of ether oxygens (including phenoxy) is 2. The quantitative estimate of drug-likeness (QED) is 0.823. The first-order valence-corrected chi connectivity index (χ1v) is 7.15. The summed E-state index contributed by atoms with van der Waals surface area (Å²) in [4.78, 5) is 24.5. The number of benzene rings is 1. The molecule has 0 atom stereocenters. The van der Waals surface area contributed by atoms with E-state index in [1.165, 1.54) is 26.4 Å². The third-order valence-corrected chi connectivity index (χ3v) is 3.88. The molecule has 0 saturated heterocycles. The van der Waals surface area contributed by atoms with Gasteiger partial charge in [0.2, 0.25) is 0 Å². The number of phenolic OH excluding ortho intramolecular Hbond substituents is 1. The van der Waals surface area contributed by atoms with Crippen LogP contribution in [0.5, 0.6) is 5.75 Å². The summed E-state index contributed by atoms with van der Waals surface area (Å²) in [6.45, 7) is 3.32. The number of esters is 2. The van der Waals surface area contributed by atoms with Crippen molar-refractivity contribution in [2.24, 2.45) is 0 Å². The van der Waals surface area contributed by atoms with Gasteiger partial charge in [-0.15, -0.1) is 0 Å². The van der Waals surface area contributed by atoms with E-state index >= 15 is 0 Å². The molecule has 0 saturated carbocycles. The van der Waals surface area contributed by atoms with Crippen LogP contribution in [0.15, 0.2) is 40.7 Å². The molecule has 24 heavy (non-hydrogen) atoms. The lowest BCUT2D eigenvalue weighted by molar-refractivity contribution is -0.137. The topological polar surface area (TPSA) is 84.9 Å². The van der Waals surface area contributed by atoms with E-state index in [1.54, 1.807) is 13.8 Å². The number of dihydropyridines is 1. The first-order valence-electron chi connectivity index (χ1n) is 7.15. The largest absolute Gasteiger partial charge is 0.505 e. The van der Waals surface area contributed by atoms with Gasteiger partial charge in [-0.25, -0.2) is 14.0 Å². The molecule has 1 aliphatic rings. The van der Waals surface area contributed by atoms with E-state index < -0.39 is 29.4 Å². The van der Waals surface area contributed by atoms with E-state index in [0.717, 1.165) is 6.07 Å². The maximum Gasteiger partial charge on any atom is 0.336 e. The zero-order chi connectivity index (χ0) is 18.0. The van der Waals surface area contributed by atoms with Crippen LogP contribution in [0.25, 0.3) is 0 Å². The van der Waals surface area contributed by atoms with Crippen LogP contribution >= 0.6 is 0 Å². The first-order chi connectivity index (χ1) is 11.3. The molecule has 6 nitrogen and oxygen atoms in total. The van der Waals surface area contributed by atoms with Crippen LogP contribution < -0.4 is 5.32 Å². The predicted molar refractivity (Wildman–Crippen MR) is 83.4 cm³/mol. The normalized spacial score (nSPS) is 15.2. The molecule has 0 aromatic heterocycles. The van der Waals surface area contributed by atoms with Crippen molar-refractivity contribution in [1.82, 2.24) is 5.32 Å². The van der Waals surface area contributed by atoms with Gasteiger partial charge in [0.1, 0.15) is 0 Å². The molecule has 0 fully saturated rings.